The number of benzene rings is 1. The number of thiophene rings is 1. The van der Waals surface area contributed by atoms with Crippen LogP contribution in [0.2, 0.25) is 0 Å². The third-order valence-electron chi connectivity index (χ3n) is 3.10. The number of rotatable bonds is 5. The van der Waals surface area contributed by atoms with E-state index in [0.29, 0.717) is 11.3 Å². The van der Waals surface area contributed by atoms with Gasteiger partial charge in [0.1, 0.15) is 0 Å². The molecule has 3 nitrogen and oxygen atoms in total. The molecule has 1 aromatic heterocycles. The second-order valence-electron chi connectivity index (χ2n) is 4.95. The SMILES string of the molecule is Cc1ccc(C(=O)N[C@H](C)C[C@H](O)c2ccccc2)s1. The minimum Gasteiger partial charge on any atom is -0.388 e. The second-order valence-corrected chi connectivity index (χ2v) is 6.23. The lowest BCUT2D eigenvalue weighted by Crippen LogP contribution is -2.33. The zero-order chi connectivity index (χ0) is 14.5. The Balaban J connectivity index is 1.89. The van der Waals surface area contributed by atoms with Gasteiger partial charge in [-0.1, -0.05) is 30.3 Å². The molecule has 2 atom stereocenters. The molecule has 2 N–H and O–H groups in total. The van der Waals surface area contributed by atoms with E-state index < -0.39 is 6.10 Å². The van der Waals surface area contributed by atoms with Crippen molar-refractivity contribution in [3.05, 3.63) is 57.8 Å². The van der Waals surface area contributed by atoms with Crippen LogP contribution in [0.1, 0.15) is 39.6 Å². The molecule has 1 amide bonds. The van der Waals surface area contributed by atoms with E-state index in [1.54, 1.807) is 0 Å². The Bertz CT molecular complexity index is 565. The molecule has 0 aliphatic rings. The van der Waals surface area contributed by atoms with E-state index in [4.69, 9.17) is 0 Å². The molecule has 0 aliphatic carbocycles. The van der Waals surface area contributed by atoms with Crippen LogP contribution in [0.5, 0.6) is 0 Å². The average Bonchev–Trinajstić information content (AvgIpc) is 2.86. The van der Waals surface area contributed by atoms with Crippen molar-refractivity contribution in [2.24, 2.45) is 0 Å². The fourth-order valence-electron chi connectivity index (χ4n) is 2.06. The number of amides is 1. The maximum atomic E-state index is 12.0. The van der Waals surface area contributed by atoms with E-state index in [9.17, 15) is 9.90 Å². The smallest absolute Gasteiger partial charge is 0.261 e. The van der Waals surface area contributed by atoms with Gasteiger partial charge >= 0.3 is 0 Å². The highest BCUT2D eigenvalue weighted by Crippen LogP contribution is 2.19. The van der Waals surface area contributed by atoms with Crippen LogP contribution in [0.3, 0.4) is 0 Å². The summed E-state index contributed by atoms with van der Waals surface area (Å²) in [4.78, 5) is 13.8. The second kappa shape index (κ2) is 6.68. The molecule has 2 rings (SSSR count). The third kappa shape index (κ3) is 3.92. The van der Waals surface area contributed by atoms with Crippen molar-refractivity contribution >= 4 is 17.2 Å². The normalized spacial score (nSPS) is 13.8. The van der Waals surface area contributed by atoms with Crippen LogP contribution in [0.25, 0.3) is 0 Å². The van der Waals surface area contributed by atoms with Crippen molar-refractivity contribution in [1.82, 2.24) is 5.32 Å². The van der Waals surface area contributed by atoms with Gasteiger partial charge in [-0.05, 0) is 38.0 Å². The van der Waals surface area contributed by atoms with Gasteiger partial charge in [-0.2, -0.15) is 0 Å². The highest BCUT2D eigenvalue weighted by molar-refractivity contribution is 7.13. The number of carbonyl (C=O) groups is 1. The Morgan fingerprint density at radius 2 is 1.95 bits per heavy atom. The maximum absolute atomic E-state index is 12.0. The van der Waals surface area contributed by atoms with E-state index in [-0.39, 0.29) is 11.9 Å². The molecule has 0 radical (unpaired) electrons. The van der Waals surface area contributed by atoms with Gasteiger partial charge in [0.15, 0.2) is 0 Å². The molecule has 1 aromatic carbocycles. The van der Waals surface area contributed by atoms with E-state index in [1.165, 1.54) is 11.3 Å². The summed E-state index contributed by atoms with van der Waals surface area (Å²) >= 11 is 1.48. The zero-order valence-electron chi connectivity index (χ0n) is 11.7. The fraction of sp³-hybridized carbons (Fsp3) is 0.312. The predicted molar refractivity (Wildman–Crippen MR) is 82.0 cm³/mol. The number of hydrogen-bond acceptors (Lipinski definition) is 3. The van der Waals surface area contributed by atoms with Crippen LogP contribution in [0.4, 0.5) is 0 Å². The summed E-state index contributed by atoms with van der Waals surface area (Å²) in [7, 11) is 0. The van der Waals surface area contributed by atoms with Crippen molar-refractivity contribution in [2.75, 3.05) is 0 Å². The van der Waals surface area contributed by atoms with Crippen LogP contribution in [0.15, 0.2) is 42.5 Å². The Hall–Kier alpha value is -1.65. The molecule has 0 fully saturated rings. The van der Waals surface area contributed by atoms with E-state index in [2.05, 4.69) is 5.32 Å². The van der Waals surface area contributed by atoms with Crippen LogP contribution < -0.4 is 5.32 Å². The molecule has 0 saturated carbocycles. The third-order valence-corrected chi connectivity index (χ3v) is 4.10. The predicted octanol–water partition coefficient (Wildman–Crippen LogP) is 3.30. The average molecular weight is 289 g/mol. The van der Waals surface area contributed by atoms with E-state index >= 15 is 0 Å². The summed E-state index contributed by atoms with van der Waals surface area (Å²) in [6.07, 6.45) is -0.0586. The van der Waals surface area contributed by atoms with Crippen LogP contribution in [-0.2, 0) is 0 Å². The first-order valence-corrected chi connectivity index (χ1v) is 7.48. The molecular formula is C16H19NO2S. The summed E-state index contributed by atoms with van der Waals surface area (Å²) < 4.78 is 0. The van der Waals surface area contributed by atoms with Crippen molar-refractivity contribution in [3.63, 3.8) is 0 Å². The van der Waals surface area contributed by atoms with Crippen molar-refractivity contribution in [2.45, 2.75) is 32.4 Å². The molecule has 4 heteroatoms. The zero-order valence-corrected chi connectivity index (χ0v) is 12.5. The largest absolute Gasteiger partial charge is 0.388 e. The lowest BCUT2D eigenvalue weighted by Gasteiger charge is -2.17. The highest BCUT2D eigenvalue weighted by Gasteiger charge is 2.15. The molecule has 0 aliphatic heterocycles. The molecule has 1 heterocycles. The minimum absolute atomic E-state index is 0.0733. The van der Waals surface area contributed by atoms with Crippen molar-refractivity contribution in [1.29, 1.82) is 0 Å². The number of carbonyl (C=O) groups excluding carboxylic acids is 1. The first-order chi connectivity index (χ1) is 9.56. The van der Waals surface area contributed by atoms with Gasteiger partial charge in [0, 0.05) is 10.9 Å². The van der Waals surface area contributed by atoms with E-state index in [0.717, 1.165) is 10.4 Å². The summed E-state index contributed by atoms with van der Waals surface area (Å²) in [6.45, 7) is 3.88. The maximum Gasteiger partial charge on any atom is 0.261 e. The van der Waals surface area contributed by atoms with Gasteiger partial charge < -0.3 is 10.4 Å². The van der Waals surface area contributed by atoms with Gasteiger partial charge in [0.05, 0.1) is 11.0 Å². The van der Waals surface area contributed by atoms with Crippen LogP contribution >= 0.6 is 11.3 Å². The van der Waals surface area contributed by atoms with Gasteiger partial charge in [-0.25, -0.2) is 0 Å². The van der Waals surface area contributed by atoms with E-state index in [1.807, 2.05) is 56.3 Å². The van der Waals surface area contributed by atoms with Crippen molar-refractivity contribution < 1.29 is 9.90 Å². The summed E-state index contributed by atoms with van der Waals surface area (Å²) in [6, 6.07) is 13.2. The molecule has 0 saturated heterocycles. The summed E-state index contributed by atoms with van der Waals surface area (Å²) in [5.74, 6) is -0.0733. The summed E-state index contributed by atoms with van der Waals surface area (Å²) in [5.41, 5.74) is 0.876. The molecule has 0 unspecified atom stereocenters. The molecule has 0 spiro atoms. The van der Waals surface area contributed by atoms with Gasteiger partial charge in [-0.15, -0.1) is 11.3 Å². The van der Waals surface area contributed by atoms with Gasteiger partial charge in [0.2, 0.25) is 0 Å². The monoisotopic (exact) mass is 289 g/mol. The van der Waals surface area contributed by atoms with Crippen LogP contribution in [-0.4, -0.2) is 17.1 Å². The lowest BCUT2D eigenvalue weighted by atomic mass is 10.0. The molecule has 2 aromatic rings. The number of aryl methyl sites for hydroxylation is 1. The summed E-state index contributed by atoms with van der Waals surface area (Å²) in [5, 5.41) is 13.1. The number of aliphatic hydroxyl groups excluding tert-OH is 1. The van der Waals surface area contributed by atoms with Gasteiger partial charge in [0.25, 0.3) is 5.91 Å². The van der Waals surface area contributed by atoms with Gasteiger partial charge in [-0.3, -0.25) is 4.79 Å². The Morgan fingerprint density at radius 1 is 1.25 bits per heavy atom. The number of hydrogen-bond donors (Lipinski definition) is 2. The Morgan fingerprint density at radius 3 is 2.55 bits per heavy atom. The Labute approximate surface area is 123 Å². The molecule has 20 heavy (non-hydrogen) atoms. The fourth-order valence-corrected chi connectivity index (χ4v) is 2.83. The quantitative estimate of drug-likeness (QED) is 0.887. The highest BCUT2D eigenvalue weighted by atomic mass is 32.1. The number of aliphatic hydroxyl groups is 1. The topological polar surface area (TPSA) is 49.3 Å². The van der Waals surface area contributed by atoms with Crippen molar-refractivity contribution in [3.8, 4) is 0 Å². The number of nitrogens with one attached hydrogen (secondary N) is 1. The first kappa shape index (κ1) is 14.8. The standard InChI is InChI=1S/C16H19NO2S/c1-11(10-14(18)13-6-4-3-5-7-13)17-16(19)15-9-8-12(2)20-15/h3-9,11,14,18H,10H2,1-2H3,(H,17,19)/t11-,14+/m1/s1. The van der Waals surface area contributed by atoms with Crippen LogP contribution in [0, 0.1) is 6.92 Å². The molecule has 0 bridgehead atoms. The minimum atomic E-state index is -0.559. The Kier molecular flexibility index (Phi) is 4.93. The molecular weight excluding hydrogens is 270 g/mol. The lowest BCUT2D eigenvalue weighted by molar-refractivity contribution is 0.0921. The molecule has 106 valence electrons. The first-order valence-electron chi connectivity index (χ1n) is 6.66.